The van der Waals surface area contributed by atoms with E-state index in [4.69, 9.17) is 4.42 Å². The number of hydrogen-bond acceptors (Lipinski definition) is 4. The number of carbonyl (C=O) groups is 1. The van der Waals surface area contributed by atoms with Crippen LogP contribution in [0.3, 0.4) is 0 Å². The molecule has 5 heteroatoms. The van der Waals surface area contributed by atoms with Gasteiger partial charge >= 0.3 is 0 Å². The third-order valence-corrected chi connectivity index (χ3v) is 5.36. The molecule has 0 N–H and O–H groups in total. The van der Waals surface area contributed by atoms with Crippen molar-refractivity contribution in [1.29, 1.82) is 0 Å². The summed E-state index contributed by atoms with van der Waals surface area (Å²) in [6.45, 7) is 8.91. The first-order valence-electron chi connectivity index (χ1n) is 8.29. The lowest BCUT2D eigenvalue weighted by Crippen LogP contribution is -2.68. The van der Waals surface area contributed by atoms with Gasteiger partial charge in [0.1, 0.15) is 5.54 Å². The summed E-state index contributed by atoms with van der Waals surface area (Å²) in [4.78, 5) is 19.8. The Morgan fingerprint density at radius 3 is 2.55 bits per heavy atom. The van der Waals surface area contributed by atoms with E-state index in [1.807, 2.05) is 12.3 Å². The number of hydrogen-bond donors (Lipinski definition) is 0. The average molecular weight is 305 g/mol. The molecule has 0 atom stereocenters. The molecule has 0 radical (unpaired) electrons. The van der Waals surface area contributed by atoms with Crippen LogP contribution in [0, 0.1) is 0 Å². The summed E-state index contributed by atoms with van der Waals surface area (Å²) in [5.74, 6) is 0.333. The van der Waals surface area contributed by atoms with Crippen LogP contribution in [0.15, 0.2) is 23.0 Å². The number of amides is 1. The topological polar surface area (TPSA) is 39.9 Å². The molecule has 0 aromatic carbocycles. The first-order valence-corrected chi connectivity index (χ1v) is 8.29. The fraction of sp³-hybridized carbons (Fsp3) is 0.706. The third kappa shape index (κ3) is 2.68. The summed E-state index contributed by atoms with van der Waals surface area (Å²) >= 11 is 0. The Bertz CT molecular complexity index is 504. The summed E-state index contributed by atoms with van der Waals surface area (Å²) in [6.07, 6.45) is 5.37. The lowest BCUT2D eigenvalue weighted by molar-refractivity contribution is -0.156. The molecule has 1 amide bonds. The minimum absolute atomic E-state index is 0.282. The van der Waals surface area contributed by atoms with Gasteiger partial charge in [-0.1, -0.05) is 0 Å². The second kappa shape index (κ2) is 6.05. The van der Waals surface area contributed by atoms with Crippen LogP contribution in [-0.2, 0) is 11.3 Å². The molecule has 0 saturated carbocycles. The van der Waals surface area contributed by atoms with Crippen LogP contribution in [0.4, 0.5) is 0 Å². The molecule has 5 nitrogen and oxygen atoms in total. The van der Waals surface area contributed by atoms with Crippen molar-refractivity contribution in [3.05, 3.63) is 24.2 Å². The highest BCUT2D eigenvalue weighted by molar-refractivity contribution is 5.87. The molecule has 2 aliphatic rings. The monoisotopic (exact) mass is 305 g/mol. The van der Waals surface area contributed by atoms with E-state index in [1.54, 1.807) is 6.26 Å². The van der Waals surface area contributed by atoms with Crippen molar-refractivity contribution < 1.29 is 9.21 Å². The molecule has 122 valence electrons. The minimum atomic E-state index is -0.282. The standard InChI is InChI=1S/C17H27N3O2/c1-14(2)20-10-9-18(3)17(16(20)21)5-7-19(8-6-17)12-15-4-11-22-13-15/h4,11,13-14H,5-10,12H2,1-3H3. The highest BCUT2D eigenvalue weighted by Gasteiger charge is 2.49. The van der Waals surface area contributed by atoms with E-state index in [0.717, 1.165) is 45.6 Å². The summed E-state index contributed by atoms with van der Waals surface area (Å²) in [6, 6.07) is 2.31. The maximum absolute atomic E-state index is 13.0. The van der Waals surface area contributed by atoms with Crippen LogP contribution in [0.1, 0.15) is 32.3 Å². The van der Waals surface area contributed by atoms with Crippen molar-refractivity contribution in [1.82, 2.24) is 14.7 Å². The number of likely N-dealkylation sites (tertiary alicyclic amines) is 1. The fourth-order valence-electron chi connectivity index (χ4n) is 3.81. The Kier molecular flexibility index (Phi) is 4.28. The molecule has 0 bridgehead atoms. The van der Waals surface area contributed by atoms with Gasteiger partial charge < -0.3 is 9.32 Å². The second-order valence-electron chi connectivity index (χ2n) is 6.95. The van der Waals surface area contributed by atoms with Crippen LogP contribution >= 0.6 is 0 Å². The number of furan rings is 1. The number of likely N-dealkylation sites (N-methyl/N-ethyl adjacent to an activating group) is 1. The molecule has 1 aromatic rings. The molecule has 0 unspecified atom stereocenters. The zero-order valence-corrected chi connectivity index (χ0v) is 13.9. The van der Waals surface area contributed by atoms with Crippen LogP contribution < -0.4 is 0 Å². The van der Waals surface area contributed by atoms with E-state index >= 15 is 0 Å². The largest absolute Gasteiger partial charge is 0.472 e. The molecule has 2 saturated heterocycles. The number of piperidine rings is 1. The van der Waals surface area contributed by atoms with Gasteiger partial charge in [0, 0.05) is 44.3 Å². The van der Waals surface area contributed by atoms with E-state index in [0.29, 0.717) is 11.9 Å². The molecule has 2 fully saturated rings. The Morgan fingerprint density at radius 2 is 1.95 bits per heavy atom. The molecule has 2 aliphatic heterocycles. The Labute approximate surface area is 132 Å². The van der Waals surface area contributed by atoms with Gasteiger partial charge in [0.25, 0.3) is 0 Å². The molecular formula is C17H27N3O2. The van der Waals surface area contributed by atoms with Gasteiger partial charge in [-0.05, 0) is 39.8 Å². The smallest absolute Gasteiger partial charge is 0.243 e. The van der Waals surface area contributed by atoms with Crippen LogP contribution in [0.25, 0.3) is 0 Å². The highest BCUT2D eigenvalue weighted by atomic mass is 16.3. The zero-order chi connectivity index (χ0) is 15.7. The normalized spacial score (nSPS) is 23.6. The quantitative estimate of drug-likeness (QED) is 0.854. The molecular weight excluding hydrogens is 278 g/mol. The molecule has 0 aliphatic carbocycles. The fourth-order valence-corrected chi connectivity index (χ4v) is 3.81. The average Bonchev–Trinajstić information content (AvgIpc) is 2.99. The minimum Gasteiger partial charge on any atom is -0.472 e. The van der Waals surface area contributed by atoms with Crippen molar-refractivity contribution in [2.45, 2.75) is 44.8 Å². The van der Waals surface area contributed by atoms with E-state index in [2.05, 4.69) is 35.6 Å². The van der Waals surface area contributed by atoms with E-state index in [-0.39, 0.29) is 5.54 Å². The molecule has 3 rings (SSSR count). The summed E-state index contributed by atoms with van der Waals surface area (Å²) in [5.41, 5.74) is 0.929. The summed E-state index contributed by atoms with van der Waals surface area (Å²) in [5, 5.41) is 0. The van der Waals surface area contributed by atoms with Crippen molar-refractivity contribution in [3.63, 3.8) is 0 Å². The maximum Gasteiger partial charge on any atom is 0.243 e. The van der Waals surface area contributed by atoms with Gasteiger partial charge in [-0.15, -0.1) is 0 Å². The van der Waals surface area contributed by atoms with E-state index in [9.17, 15) is 4.79 Å². The van der Waals surface area contributed by atoms with Crippen molar-refractivity contribution in [3.8, 4) is 0 Å². The lowest BCUT2D eigenvalue weighted by atomic mass is 9.82. The Morgan fingerprint density at radius 1 is 1.23 bits per heavy atom. The maximum atomic E-state index is 13.0. The zero-order valence-electron chi connectivity index (χ0n) is 13.9. The van der Waals surface area contributed by atoms with E-state index < -0.39 is 0 Å². The van der Waals surface area contributed by atoms with Crippen molar-refractivity contribution >= 4 is 5.91 Å². The molecule has 3 heterocycles. The summed E-state index contributed by atoms with van der Waals surface area (Å²) in [7, 11) is 2.11. The van der Waals surface area contributed by atoms with E-state index in [1.165, 1.54) is 5.56 Å². The van der Waals surface area contributed by atoms with Gasteiger partial charge in [-0.25, -0.2) is 0 Å². The highest BCUT2D eigenvalue weighted by Crippen LogP contribution is 2.33. The first-order chi connectivity index (χ1) is 10.5. The lowest BCUT2D eigenvalue weighted by Gasteiger charge is -2.52. The van der Waals surface area contributed by atoms with Gasteiger partial charge in [0.15, 0.2) is 0 Å². The van der Waals surface area contributed by atoms with Gasteiger partial charge in [-0.3, -0.25) is 14.6 Å². The van der Waals surface area contributed by atoms with Crippen LogP contribution in [0.5, 0.6) is 0 Å². The van der Waals surface area contributed by atoms with Gasteiger partial charge in [-0.2, -0.15) is 0 Å². The SMILES string of the molecule is CC(C)N1CCN(C)C2(CCN(Cc3ccoc3)CC2)C1=O. The third-order valence-electron chi connectivity index (χ3n) is 5.36. The first kappa shape index (κ1) is 15.6. The number of rotatable bonds is 3. The predicted molar refractivity (Wildman–Crippen MR) is 85.4 cm³/mol. The second-order valence-corrected chi connectivity index (χ2v) is 6.95. The molecule has 22 heavy (non-hydrogen) atoms. The molecule has 1 spiro atoms. The number of carbonyl (C=O) groups excluding carboxylic acids is 1. The summed E-state index contributed by atoms with van der Waals surface area (Å²) < 4.78 is 5.14. The Hall–Kier alpha value is -1.33. The van der Waals surface area contributed by atoms with Gasteiger partial charge in [0.2, 0.25) is 5.91 Å². The van der Waals surface area contributed by atoms with Crippen LogP contribution in [0.2, 0.25) is 0 Å². The Balaban J connectivity index is 1.68. The number of piperazine rings is 1. The van der Waals surface area contributed by atoms with Crippen molar-refractivity contribution in [2.24, 2.45) is 0 Å². The predicted octanol–water partition coefficient (Wildman–Crippen LogP) is 1.80. The number of nitrogens with zero attached hydrogens (tertiary/aromatic N) is 3. The molecule has 1 aromatic heterocycles. The van der Waals surface area contributed by atoms with Crippen molar-refractivity contribution in [2.75, 3.05) is 33.2 Å². The van der Waals surface area contributed by atoms with Crippen LogP contribution in [-0.4, -0.2) is 65.4 Å². The van der Waals surface area contributed by atoms with Gasteiger partial charge in [0.05, 0.1) is 12.5 Å².